The SMILES string of the molecule is COc1cccc(C2(C)CCCN2)c1OC(C)C. The molecule has 1 aliphatic rings. The van der Waals surface area contributed by atoms with Crippen LogP contribution in [-0.2, 0) is 5.54 Å². The van der Waals surface area contributed by atoms with Gasteiger partial charge in [-0.05, 0) is 46.2 Å². The molecule has 1 unspecified atom stereocenters. The topological polar surface area (TPSA) is 30.5 Å². The van der Waals surface area contributed by atoms with Crippen molar-refractivity contribution in [3.63, 3.8) is 0 Å². The highest BCUT2D eigenvalue weighted by atomic mass is 16.5. The smallest absolute Gasteiger partial charge is 0.166 e. The third-order valence-corrected chi connectivity index (χ3v) is 3.52. The average Bonchev–Trinajstić information content (AvgIpc) is 2.76. The summed E-state index contributed by atoms with van der Waals surface area (Å²) in [7, 11) is 1.69. The highest BCUT2D eigenvalue weighted by molar-refractivity contribution is 5.50. The lowest BCUT2D eigenvalue weighted by molar-refractivity contribution is 0.221. The van der Waals surface area contributed by atoms with Gasteiger partial charge in [-0.3, -0.25) is 0 Å². The normalized spacial score (nSPS) is 23.4. The molecule has 18 heavy (non-hydrogen) atoms. The van der Waals surface area contributed by atoms with Crippen LogP contribution in [0.15, 0.2) is 18.2 Å². The Morgan fingerprint density at radius 2 is 2.11 bits per heavy atom. The van der Waals surface area contributed by atoms with Gasteiger partial charge in [0.2, 0.25) is 0 Å². The summed E-state index contributed by atoms with van der Waals surface area (Å²) in [6.07, 6.45) is 2.48. The van der Waals surface area contributed by atoms with Crippen LogP contribution in [0.25, 0.3) is 0 Å². The van der Waals surface area contributed by atoms with E-state index in [0.717, 1.165) is 24.5 Å². The van der Waals surface area contributed by atoms with Crippen molar-refractivity contribution in [1.29, 1.82) is 0 Å². The van der Waals surface area contributed by atoms with Gasteiger partial charge < -0.3 is 14.8 Å². The van der Waals surface area contributed by atoms with E-state index in [-0.39, 0.29) is 11.6 Å². The zero-order valence-electron chi connectivity index (χ0n) is 11.7. The minimum Gasteiger partial charge on any atom is -0.493 e. The van der Waals surface area contributed by atoms with E-state index in [1.807, 2.05) is 26.0 Å². The second kappa shape index (κ2) is 5.19. The number of hydrogen-bond donors (Lipinski definition) is 1. The molecule has 1 fully saturated rings. The molecule has 1 aromatic rings. The van der Waals surface area contributed by atoms with E-state index >= 15 is 0 Å². The van der Waals surface area contributed by atoms with Crippen LogP contribution in [0.4, 0.5) is 0 Å². The molecule has 0 saturated carbocycles. The third kappa shape index (κ3) is 2.46. The molecule has 3 heteroatoms. The van der Waals surface area contributed by atoms with E-state index in [9.17, 15) is 0 Å². The lowest BCUT2D eigenvalue weighted by Gasteiger charge is -2.29. The molecule has 100 valence electrons. The molecular formula is C15H23NO2. The molecule has 0 aliphatic carbocycles. The monoisotopic (exact) mass is 249 g/mol. The predicted molar refractivity (Wildman–Crippen MR) is 73.3 cm³/mol. The Balaban J connectivity index is 2.45. The van der Waals surface area contributed by atoms with Crippen LogP contribution in [-0.4, -0.2) is 19.8 Å². The van der Waals surface area contributed by atoms with Gasteiger partial charge in [0, 0.05) is 11.1 Å². The Bertz CT molecular complexity index is 409. The molecule has 0 bridgehead atoms. The minimum absolute atomic E-state index is 0.00123. The molecule has 0 spiro atoms. The summed E-state index contributed by atoms with van der Waals surface area (Å²) < 4.78 is 11.4. The summed E-state index contributed by atoms with van der Waals surface area (Å²) in [5.74, 6) is 1.70. The number of ether oxygens (including phenoxy) is 2. The molecule has 1 saturated heterocycles. The van der Waals surface area contributed by atoms with Crippen molar-refractivity contribution in [3.8, 4) is 11.5 Å². The lowest BCUT2D eigenvalue weighted by Crippen LogP contribution is -2.34. The van der Waals surface area contributed by atoms with Gasteiger partial charge in [0.15, 0.2) is 11.5 Å². The predicted octanol–water partition coefficient (Wildman–Crippen LogP) is 3.08. The molecule has 3 nitrogen and oxygen atoms in total. The fourth-order valence-corrected chi connectivity index (χ4v) is 2.59. The Morgan fingerprint density at radius 1 is 1.33 bits per heavy atom. The Hall–Kier alpha value is -1.22. The van der Waals surface area contributed by atoms with Crippen molar-refractivity contribution in [1.82, 2.24) is 5.32 Å². The molecule has 1 atom stereocenters. The second-order valence-electron chi connectivity index (χ2n) is 5.37. The van der Waals surface area contributed by atoms with Gasteiger partial charge in [-0.25, -0.2) is 0 Å². The first-order valence-electron chi connectivity index (χ1n) is 6.66. The van der Waals surface area contributed by atoms with E-state index in [0.29, 0.717) is 0 Å². The number of para-hydroxylation sites is 1. The van der Waals surface area contributed by atoms with E-state index in [1.165, 1.54) is 12.0 Å². The van der Waals surface area contributed by atoms with Gasteiger partial charge in [-0.15, -0.1) is 0 Å². The Labute approximate surface area is 109 Å². The molecule has 1 heterocycles. The zero-order chi connectivity index (χ0) is 13.2. The molecule has 0 radical (unpaired) electrons. The number of hydrogen-bond acceptors (Lipinski definition) is 3. The van der Waals surface area contributed by atoms with Gasteiger partial charge in [-0.1, -0.05) is 12.1 Å². The van der Waals surface area contributed by atoms with E-state index < -0.39 is 0 Å². The summed E-state index contributed by atoms with van der Waals surface area (Å²) in [5, 5.41) is 3.58. The maximum atomic E-state index is 5.98. The first-order chi connectivity index (χ1) is 8.57. The highest BCUT2D eigenvalue weighted by Gasteiger charge is 2.34. The van der Waals surface area contributed by atoms with Crippen molar-refractivity contribution in [3.05, 3.63) is 23.8 Å². The van der Waals surface area contributed by atoms with Crippen molar-refractivity contribution < 1.29 is 9.47 Å². The fraction of sp³-hybridized carbons (Fsp3) is 0.600. The van der Waals surface area contributed by atoms with Crippen molar-refractivity contribution >= 4 is 0 Å². The molecule has 0 amide bonds. The molecule has 1 aromatic carbocycles. The lowest BCUT2D eigenvalue weighted by atomic mass is 9.89. The van der Waals surface area contributed by atoms with Crippen LogP contribution >= 0.6 is 0 Å². The third-order valence-electron chi connectivity index (χ3n) is 3.52. The van der Waals surface area contributed by atoms with Crippen LogP contribution in [0.2, 0.25) is 0 Å². The van der Waals surface area contributed by atoms with Crippen LogP contribution in [0, 0.1) is 0 Å². The number of methoxy groups -OCH3 is 1. The van der Waals surface area contributed by atoms with Crippen LogP contribution in [0.5, 0.6) is 11.5 Å². The second-order valence-corrected chi connectivity index (χ2v) is 5.37. The standard InChI is InChI=1S/C15H23NO2/c1-11(2)18-14-12(7-5-8-13(14)17-4)15(3)9-6-10-16-15/h5,7-8,11,16H,6,9-10H2,1-4H3. The van der Waals surface area contributed by atoms with Gasteiger partial charge in [0.25, 0.3) is 0 Å². The molecule has 2 rings (SSSR count). The fourth-order valence-electron chi connectivity index (χ4n) is 2.59. The van der Waals surface area contributed by atoms with Gasteiger partial charge in [0.05, 0.1) is 13.2 Å². The maximum absolute atomic E-state index is 5.98. The average molecular weight is 249 g/mol. The molecule has 1 aliphatic heterocycles. The van der Waals surface area contributed by atoms with Crippen LogP contribution < -0.4 is 14.8 Å². The summed E-state index contributed by atoms with van der Waals surface area (Å²) in [4.78, 5) is 0. The van der Waals surface area contributed by atoms with E-state index in [4.69, 9.17) is 9.47 Å². The van der Waals surface area contributed by atoms with E-state index in [1.54, 1.807) is 7.11 Å². The first-order valence-corrected chi connectivity index (χ1v) is 6.66. The molecule has 0 aromatic heterocycles. The van der Waals surface area contributed by atoms with Gasteiger partial charge >= 0.3 is 0 Å². The Kier molecular flexibility index (Phi) is 3.81. The van der Waals surface area contributed by atoms with Crippen LogP contribution in [0.3, 0.4) is 0 Å². The largest absolute Gasteiger partial charge is 0.493 e. The minimum atomic E-state index is -0.00123. The Morgan fingerprint density at radius 3 is 2.67 bits per heavy atom. The van der Waals surface area contributed by atoms with Gasteiger partial charge in [0.1, 0.15) is 0 Å². The zero-order valence-corrected chi connectivity index (χ0v) is 11.7. The van der Waals surface area contributed by atoms with Crippen molar-refractivity contribution in [2.75, 3.05) is 13.7 Å². The van der Waals surface area contributed by atoms with Crippen molar-refractivity contribution in [2.45, 2.75) is 45.3 Å². The summed E-state index contributed by atoms with van der Waals surface area (Å²) in [6.45, 7) is 7.39. The number of rotatable bonds is 4. The highest BCUT2D eigenvalue weighted by Crippen LogP contribution is 2.41. The summed E-state index contributed by atoms with van der Waals surface area (Å²) in [5.41, 5.74) is 1.20. The summed E-state index contributed by atoms with van der Waals surface area (Å²) >= 11 is 0. The molecular weight excluding hydrogens is 226 g/mol. The van der Waals surface area contributed by atoms with Crippen molar-refractivity contribution in [2.24, 2.45) is 0 Å². The number of nitrogens with one attached hydrogen (secondary N) is 1. The maximum Gasteiger partial charge on any atom is 0.166 e. The quantitative estimate of drug-likeness (QED) is 0.889. The van der Waals surface area contributed by atoms with E-state index in [2.05, 4.69) is 18.3 Å². The molecule has 1 N–H and O–H groups in total. The summed E-state index contributed by atoms with van der Waals surface area (Å²) in [6, 6.07) is 6.13. The van der Waals surface area contributed by atoms with Gasteiger partial charge in [-0.2, -0.15) is 0 Å². The number of benzene rings is 1. The first kappa shape index (κ1) is 13.2. The van der Waals surface area contributed by atoms with Crippen LogP contribution in [0.1, 0.15) is 39.2 Å².